The first-order valence-electron chi connectivity index (χ1n) is 7.86. The third-order valence-electron chi connectivity index (χ3n) is 4.89. The van der Waals surface area contributed by atoms with Gasteiger partial charge in [-0.3, -0.25) is 9.59 Å². The Balaban J connectivity index is 2.22. The fourth-order valence-electron chi connectivity index (χ4n) is 3.80. The summed E-state index contributed by atoms with van der Waals surface area (Å²) in [5.74, 6) is -0.00203. The minimum absolute atomic E-state index is 0.0951. The Kier molecular flexibility index (Phi) is 3.93. The van der Waals surface area contributed by atoms with E-state index in [2.05, 4.69) is 0 Å². The van der Waals surface area contributed by atoms with Crippen LogP contribution in [-0.2, 0) is 9.59 Å². The summed E-state index contributed by atoms with van der Waals surface area (Å²) in [6.45, 7) is 1.96. The van der Waals surface area contributed by atoms with Crippen molar-refractivity contribution in [2.24, 2.45) is 5.41 Å². The molecule has 1 fully saturated rings. The van der Waals surface area contributed by atoms with Crippen molar-refractivity contribution in [1.29, 1.82) is 0 Å². The van der Waals surface area contributed by atoms with Gasteiger partial charge >= 0.3 is 0 Å². The lowest BCUT2D eigenvalue weighted by molar-refractivity contribution is -0.136. The second-order valence-corrected chi connectivity index (χ2v) is 5.93. The zero-order valence-electron chi connectivity index (χ0n) is 12.8. The molecule has 0 atom stereocenters. The van der Waals surface area contributed by atoms with E-state index in [1.165, 1.54) is 0 Å². The number of hydrogen-bond donors (Lipinski definition) is 0. The predicted molar refractivity (Wildman–Crippen MR) is 86.7 cm³/mol. The van der Waals surface area contributed by atoms with Gasteiger partial charge < -0.3 is 0 Å². The van der Waals surface area contributed by atoms with Crippen LogP contribution in [0, 0.1) is 5.41 Å². The zero-order valence-corrected chi connectivity index (χ0v) is 12.8. The molecule has 2 aromatic rings. The van der Waals surface area contributed by atoms with Crippen LogP contribution in [0.1, 0.15) is 43.2 Å². The van der Waals surface area contributed by atoms with Crippen LogP contribution < -0.4 is 0 Å². The Morgan fingerprint density at radius 2 is 1.23 bits per heavy atom. The normalized spacial score (nSPS) is 17.2. The van der Waals surface area contributed by atoms with E-state index in [1.54, 1.807) is 0 Å². The summed E-state index contributed by atoms with van der Waals surface area (Å²) in [4.78, 5) is 25.4. The number of rotatable bonds is 4. The molecule has 3 rings (SSSR count). The molecule has 0 aromatic heterocycles. The van der Waals surface area contributed by atoms with E-state index in [-0.39, 0.29) is 17.5 Å². The zero-order chi connectivity index (χ0) is 15.6. The third kappa shape index (κ3) is 2.19. The molecule has 0 bridgehead atoms. The summed E-state index contributed by atoms with van der Waals surface area (Å²) in [7, 11) is 0. The molecule has 2 nitrogen and oxygen atoms in total. The van der Waals surface area contributed by atoms with E-state index in [0.29, 0.717) is 19.3 Å². The first kappa shape index (κ1) is 14.7. The first-order valence-corrected chi connectivity index (χ1v) is 7.86. The molecule has 0 heterocycles. The van der Waals surface area contributed by atoms with Crippen LogP contribution in [0.2, 0.25) is 0 Å². The van der Waals surface area contributed by atoms with Crippen molar-refractivity contribution in [2.45, 2.75) is 32.1 Å². The highest BCUT2D eigenvalue weighted by Gasteiger charge is 2.54. The van der Waals surface area contributed by atoms with Gasteiger partial charge in [-0.15, -0.1) is 0 Å². The van der Waals surface area contributed by atoms with Gasteiger partial charge in [0.25, 0.3) is 0 Å². The molecule has 1 aliphatic rings. The molecule has 0 aliphatic heterocycles. The van der Waals surface area contributed by atoms with E-state index in [9.17, 15) is 9.59 Å². The largest absolute Gasteiger partial charge is 0.299 e. The van der Waals surface area contributed by atoms with E-state index in [1.807, 2.05) is 67.6 Å². The van der Waals surface area contributed by atoms with Gasteiger partial charge in [-0.1, -0.05) is 67.6 Å². The van der Waals surface area contributed by atoms with Crippen LogP contribution in [-0.4, -0.2) is 11.6 Å². The first-order chi connectivity index (χ1) is 10.7. The van der Waals surface area contributed by atoms with Crippen molar-refractivity contribution in [3.8, 4) is 0 Å². The fraction of sp³-hybridized carbons (Fsp3) is 0.300. The van der Waals surface area contributed by atoms with Crippen LogP contribution in [0.25, 0.3) is 0 Å². The van der Waals surface area contributed by atoms with Gasteiger partial charge in [0.05, 0.1) is 5.41 Å². The van der Waals surface area contributed by atoms with E-state index in [0.717, 1.165) is 11.1 Å². The van der Waals surface area contributed by atoms with Crippen LogP contribution in [0.4, 0.5) is 0 Å². The van der Waals surface area contributed by atoms with Crippen LogP contribution >= 0.6 is 0 Å². The van der Waals surface area contributed by atoms with Gasteiger partial charge in [-0.25, -0.2) is 0 Å². The van der Waals surface area contributed by atoms with E-state index >= 15 is 0 Å². The van der Waals surface area contributed by atoms with Crippen molar-refractivity contribution in [3.63, 3.8) is 0 Å². The van der Waals surface area contributed by atoms with E-state index < -0.39 is 5.41 Å². The summed E-state index contributed by atoms with van der Waals surface area (Å²) in [6, 6.07) is 19.9. The molecule has 112 valence electrons. The number of Topliss-reactive ketones (excluding diaryl/α,β-unsaturated/α-hetero) is 2. The molecule has 0 amide bonds. The minimum atomic E-state index is -0.900. The molecule has 22 heavy (non-hydrogen) atoms. The lowest BCUT2D eigenvalue weighted by atomic mass is 9.65. The molecule has 2 heteroatoms. The minimum Gasteiger partial charge on any atom is -0.299 e. The maximum absolute atomic E-state index is 12.7. The Labute approximate surface area is 131 Å². The predicted octanol–water partition coefficient (Wildman–Crippen LogP) is 4.15. The third-order valence-corrected chi connectivity index (χ3v) is 4.89. The maximum Gasteiger partial charge on any atom is 0.147 e. The highest BCUT2D eigenvalue weighted by atomic mass is 16.2. The lowest BCUT2D eigenvalue weighted by Gasteiger charge is -2.35. The standard InChI is InChI=1S/C20H20O2/c1-2-20(17(21)13-14-18(20)22)19(15-9-5-3-6-10-15)16-11-7-4-8-12-16/h3-12,19H,2,13-14H2,1H3. The van der Waals surface area contributed by atoms with Gasteiger partial charge in [0, 0.05) is 18.8 Å². The lowest BCUT2D eigenvalue weighted by Crippen LogP contribution is -2.39. The average molecular weight is 292 g/mol. The summed E-state index contributed by atoms with van der Waals surface area (Å²) in [6.07, 6.45) is 1.31. The molecule has 0 unspecified atom stereocenters. The maximum atomic E-state index is 12.7. The van der Waals surface area contributed by atoms with Crippen molar-refractivity contribution in [2.75, 3.05) is 0 Å². The van der Waals surface area contributed by atoms with Gasteiger partial charge in [-0.2, -0.15) is 0 Å². The molecular weight excluding hydrogens is 272 g/mol. The summed E-state index contributed by atoms with van der Waals surface area (Å²) in [5, 5.41) is 0. The van der Waals surface area contributed by atoms with Crippen molar-refractivity contribution < 1.29 is 9.59 Å². The van der Waals surface area contributed by atoms with E-state index in [4.69, 9.17) is 0 Å². The Morgan fingerprint density at radius 3 is 1.59 bits per heavy atom. The van der Waals surface area contributed by atoms with Gasteiger partial charge in [0.15, 0.2) is 0 Å². The van der Waals surface area contributed by atoms with Gasteiger partial charge in [-0.05, 0) is 17.5 Å². The molecule has 0 saturated heterocycles. The highest BCUT2D eigenvalue weighted by Crippen LogP contribution is 2.49. The smallest absolute Gasteiger partial charge is 0.147 e. The molecule has 0 N–H and O–H groups in total. The number of hydrogen-bond acceptors (Lipinski definition) is 2. The van der Waals surface area contributed by atoms with Crippen molar-refractivity contribution in [1.82, 2.24) is 0 Å². The SMILES string of the molecule is CCC1(C(c2ccccc2)c2ccccc2)C(=O)CCC1=O. The topological polar surface area (TPSA) is 34.1 Å². The molecule has 1 saturated carbocycles. The summed E-state index contributed by atoms with van der Waals surface area (Å²) in [5.41, 5.74) is 1.18. The van der Waals surface area contributed by atoms with Crippen molar-refractivity contribution in [3.05, 3.63) is 71.8 Å². The molecule has 0 radical (unpaired) electrons. The molecule has 2 aromatic carbocycles. The molecule has 1 aliphatic carbocycles. The number of carbonyl (C=O) groups is 2. The van der Waals surface area contributed by atoms with Gasteiger partial charge in [0.1, 0.15) is 11.6 Å². The average Bonchev–Trinajstić information content (AvgIpc) is 2.86. The van der Waals surface area contributed by atoms with Gasteiger partial charge in [0.2, 0.25) is 0 Å². The number of benzene rings is 2. The number of ketones is 2. The Morgan fingerprint density at radius 1 is 0.818 bits per heavy atom. The Bertz CT molecular complexity index is 618. The number of carbonyl (C=O) groups excluding carboxylic acids is 2. The molecule has 0 spiro atoms. The fourth-order valence-corrected chi connectivity index (χ4v) is 3.80. The summed E-state index contributed by atoms with van der Waals surface area (Å²) >= 11 is 0. The molecular formula is C20H20O2. The Hall–Kier alpha value is -2.22. The summed E-state index contributed by atoms with van der Waals surface area (Å²) < 4.78 is 0. The monoisotopic (exact) mass is 292 g/mol. The second kappa shape index (κ2) is 5.88. The van der Waals surface area contributed by atoms with Crippen LogP contribution in [0.3, 0.4) is 0 Å². The van der Waals surface area contributed by atoms with Crippen LogP contribution in [0.5, 0.6) is 0 Å². The quantitative estimate of drug-likeness (QED) is 0.793. The van der Waals surface area contributed by atoms with Crippen molar-refractivity contribution >= 4 is 11.6 Å². The highest BCUT2D eigenvalue weighted by molar-refractivity contribution is 6.14. The van der Waals surface area contributed by atoms with Crippen LogP contribution in [0.15, 0.2) is 60.7 Å². The second-order valence-electron chi connectivity index (χ2n) is 5.93.